The van der Waals surface area contributed by atoms with Crippen molar-refractivity contribution in [1.82, 2.24) is 15.5 Å². The lowest BCUT2D eigenvalue weighted by Crippen LogP contribution is -2.58. The highest BCUT2D eigenvalue weighted by Crippen LogP contribution is 2.35. The molecule has 22 heavy (non-hydrogen) atoms. The molecule has 0 aromatic rings. The van der Waals surface area contributed by atoms with Gasteiger partial charge in [-0.15, -0.1) is 12.4 Å². The average molecular weight is 330 g/mol. The van der Waals surface area contributed by atoms with Crippen molar-refractivity contribution < 1.29 is 4.79 Å². The molecule has 1 unspecified atom stereocenters. The van der Waals surface area contributed by atoms with Crippen LogP contribution in [0.2, 0.25) is 0 Å². The lowest BCUT2D eigenvalue weighted by Gasteiger charge is -2.48. The van der Waals surface area contributed by atoms with Gasteiger partial charge in [0.1, 0.15) is 0 Å². The molecule has 2 heterocycles. The Labute approximate surface area is 141 Å². The molecule has 4 nitrogen and oxygen atoms in total. The summed E-state index contributed by atoms with van der Waals surface area (Å²) in [6.45, 7) is 5.21. The lowest BCUT2D eigenvalue weighted by atomic mass is 9.79. The molecule has 1 saturated carbocycles. The highest BCUT2D eigenvalue weighted by atomic mass is 35.5. The fraction of sp³-hybridized carbons (Fsp3) is 0.941. The smallest absolute Gasteiger partial charge is 0.224 e. The zero-order valence-corrected chi connectivity index (χ0v) is 14.6. The summed E-state index contributed by atoms with van der Waals surface area (Å²) < 4.78 is 0. The predicted octanol–water partition coefficient (Wildman–Crippen LogP) is 2.32. The summed E-state index contributed by atoms with van der Waals surface area (Å²) in [6, 6.07) is 0. The van der Waals surface area contributed by atoms with E-state index in [0.29, 0.717) is 0 Å². The Morgan fingerprint density at radius 2 is 1.77 bits per heavy atom. The first-order valence-corrected chi connectivity index (χ1v) is 9.04. The van der Waals surface area contributed by atoms with E-state index in [9.17, 15) is 4.79 Å². The molecule has 0 spiro atoms. The van der Waals surface area contributed by atoms with E-state index in [1.54, 1.807) is 0 Å². The van der Waals surface area contributed by atoms with Gasteiger partial charge in [0.15, 0.2) is 0 Å². The number of nitrogens with one attached hydrogen (secondary N) is 2. The molecule has 0 aromatic carbocycles. The van der Waals surface area contributed by atoms with Gasteiger partial charge >= 0.3 is 0 Å². The third-order valence-electron chi connectivity index (χ3n) is 5.83. The van der Waals surface area contributed by atoms with Gasteiger partial charge in [-0.1, -0.05) is 25.7 Å². The highest BCUT2D eigenvalue weighted by molar-refractivity contribution is 5.85. The first-order chi connectivity index (χ1) is 10.3. The molecule has 2 N–H and O–H groups in total. The zero-order chi connectivity index (χ0) is 14.5. The van der Waals surface area contributed by atoms with Gasteiger partial charge in [-0.3, -0.25) is 9.69 Å². The maximum atomic E-state index is 12.3. The van der Waals surface area contributed by atoms with Crippen molar-refractivity contribution in [1.29, 1.82) is 0 Å². The van der Waals surface area contributed by atoms with Gasteiger partial charge in [-0.2, -0.15) is 0 Å². The quantitative estimate of drug-likeness (QED) is 0.832. The minimum Gasteiger partial charge on any atom is -0.354 e. The Morgan fingerprint density at radius 1 is 1.09 bits per heavy atom. The molecule has 128 valence electrons. The molecule has 1 aliphatic carbocycles. The third-order valence-corrected chi connectivity index (χ3v) is 5.83. The number of halogens is 1. The van der Waals surface area contributed by atoms with Crippen LogP contribution in [0.4, 0.5) is 0 Å². The number of carbonyl (C=O) groups is 1. The molecule has 3 rings (SSSR count). The van der Waals surface area contributed by atoms with Crippen LogP contribution in [0.3, 0.4) is 0 Å². The number of rotatable bonds is 4. The first-order valence-electron chi connectivity index (χ1n) is 9.04. The Morgan fingerprint density at radius 3 is 2.41 bits per heavy atom. The second-order valence-electron chi connectivity index (χ2n) is 7.24. The van der Waals surface area contributed by atoms with Crippen molar-refractivity contribution in [3.8, 4) is 0 Å². The van der Waals surface area contributed by atoms with Crippen molar-refractivity contribution in [3.05, 3.63) is 0 Å². The number of nitrogens with zero attached hydrogens (tertiary/aromatic N) is 1. The summed E-state index contributed by atoms with van der Waals surface area (Å²) in [4.78, 5) is 15.1. The molecule has 1 atom stereocenters. The third kappa shape index (κ3) is 4.15. The van der Waals surface area contributed by atoms with Crippen LogP contribution in [0.1, 0.15) is 57.8 Å². The molecular weight excluding hydrogens is 298 g/mol. The van der Waals surface area contributed by atoms with Crippen molar-refractivity contribution in [3.63, 3.8) is 0 Å². The van der Waals surface area contributed by atoms with E-state index in [2.05, 4.69) is 15.5 Å². The van der Waals surface area contributed by atoms with E-state index in [1.807, 2.05) is 0 Å². The molecule has 3 aliphatic rings. The number of carbonyl (C=O) groups excluding carboxylic acids is 1. The van der Waals surface area contributed by atoms with Crippen LogP contribution in [0.15, 0.2) is 0 Å². The van der Waals surface area contributed by atoms with E-state index in [0.717, 1.165) is 26.1 Å². The summed E-state index contributed by atoms with van der Waals surface area (Å²) in [5.74, 6) is 0.481. The van der Waals surface area contributed by atoms with Crippen LogP contribution < -0.4 is 10.6 Å². The van der Waals surface area contributed by atoms with Crippen molar-refractivity contribution >= 4 is 18.3 Å². The number of likely N-dealkylation sites (tertiary alicyclic amines) is 1. The van der Waals surface area contributed by atoms with Crippen LogP contribution in [-0.4, -0.2) is 49.1 Å². The number of hydrogen-bond donors (Lipinski definition) is 2. The van der Waals surface area contributed by atoms with Crippen molar-refractivity contribution in [2.75, 3.05) is 32.7 Å². The number of piperidine rings is 1. The van der Waals surface area contributed by atoms with Gasteiger partial charge in [0.25, 0.3) is 0 Å². The van der Waals surface area contributed by atoms with Crippen LogP contribution in [0.5, 0.6) is 0 Å². The summed E-state index contributed by atoms with van der Waals surface area (Å²) in [6.07, 6.45) is 11.6. The molecule has 5 heteroatoms. The van der Waals surface area contributed by atoms with Crippen molar-refractivity contribution in [2.45, 2.75) is 63.3 Å². The van der Waals surface area contributed by atoms with Crippen molar-refractivity contribution in [2.24, 2.45) is 5.92 Å². The fourth-order valence-corrected chi connectivity index (χ4v) is 4.46. The van der Waals surface area contributed by atoms with Gasteiger partial charge in [0, 0.05) is 18.6 Å². The second-order valence-corrected chi connectivity index (χ2v) is 7.24. The largest absolute Gasteiger partial charge is 0.354 e. The zero-order valence-electron chi connectivity index (χ0n) is 13.7. The predicted molar refractivity (Wildman–Crippen MR) is 92.5 cm³/mol. The highest BCUT2D eigenvalue weighted by Gasteiger charge is 2.39. The van der Waals surface area contributed by atoms with Gasteiger partial charge in [0.05, 0.1) is 5.92 Å². The summed E-state index contributed by atoms with van der Waals surface area (Å²) in [7, 11) is 0. The van der Waals surface area contributed by atoms with Crippen LogP contribution in [0, 0.1) is 5.92 Å². The standard InChI is InChI=1S/C17H31N3O.ClH/c21-16(15-7-10-18-13-15)19-14-17(8-3-1-4-9-17)20-11-5-2-6-12-20;/h15,18H,1-14H2,(H,19,21);1H. The molecule has 2 saturated heterocycles. The Kier molecular flexibility index (Phi) is 6.97. The SMILES string of the molecule is Cl.O=C(NCC1(N2CCCCC2)CCCCC1)C1CCNC1. The molecule has 1 amide bonds. The summed E-state index contributed by atoms with van der Waals surface area (Å²) >= 11 is 0. The van der Waals surface area contributed by atoms with E-state index in [4.69, 9.17) is 0 Å². The number of amides is 1. The Hall–Kier alpha value is -0.320. The van der Waals surface area contributed by atoms with Crippen LogP contribution in [0.25, 0.3) is 0 Å². The lowest BCUT2D eigenvalue weighted by molar-refractivity contribution is -0.125. The topological polar surface area (TPSA) is 44.4 Å². The number of hydrogen-bond acceptors (Lipinski definition) is 3. The maximum Gasteiger partial charge on any atom is 0.224 e. The van der Waals surface area contributed by atoms with E-state index in [1.165, 1.54) is 64.5 Å². The van der Waals surface area contributed by atoms with Crippen LogP contribution >= 0.6 is 12.4 Å². The Bertz CT molecular complexity index is 346. The minimum absolute atomic E-state index is 0. The normalized spacial score (nSPS) is 28.8. The summed E-state index contributed by atoms with van der Waals surface area (Å²) in [5, 5.41) is 6.60. The minimum atomic E-state index is 0. The van der Waals surface area contributed by atoms with Gasteiger partial charge < -0.3 is 10.6 Å². The van der Waals surface area contributed by atoms with Crippen LogP contribution in [-0.2, 0) is 4.79 Å². The molecule has 0 bridgehead atoms. The second kappa shape index (κ2) is 8.51. The van der Waals surface area contributed by atoms with Gasteiger partial charge in [-0.25, -0.2) is 0 Å². The van der Waals surface area contributed by atoms with Gasteiger partial charge in [0.2, 0.25) is 5.91 Å². The van der Waals surface area contributed by atoms with E-state index < -0.39 is 0 Å². The van der Waals surface area contributed by atoms with E-state index in [-0.39, 0.29) is 29.8 Å². The maximum absolute atomic E-state index is 12.3. The molecule has 0 radical (unpaired) electrons. The fourth-order valence-electron chi connectivity index (χ4n) is 4.46. The average Bonchev–Trinajstić information content (AvgIpc) is 3.09. The molecular formula is C17H32ClN3O. The summed E-state index contributed by atoms with van der Waals surface area (Å²) in [5.41, 5.74) is 0.264. The molecule has 0 aromatic heterocycles. The van der Waals surface area contributed by atoms with Gasteiger partial charge in [-0.05, 0) is 51.7 Å². The first kappa shape index (κ1) is 18.0. The Balaban J connectivity index is 0.00000176. The molecule has 3 fully saturated rings. The monoisotopic (exact) mass is 329 g/mol. The van der Waals surface area contributed by atoms with E-state index >= 15 is 0 Å². The molecule has 2 aliphatic heterocycles.